The zero-order chi connectivity index (χ0) is 18.2. The maximum atomic E-state index is 12.2. The van der Waals surface area contributed by atoms with Crippen LogP contribution in [0.1, 0.15) is 58.6 Å². The summed E-state index contributed by atoms with van der Waals surface area (Å²) >= 11 is 0. The zero-order valence-electron chi connectivity index (χ0n) is 14.8. The molecule has 3 rings (SSSR count). The lowest BCUT2D eigenvalue weighted by atomic mass is 9.97. The van der Waals surface area contributed by atoms with Gasteiger partial charge in [0, 0.05) is 17.7 Å². The Labute approximate surface area is 153 Å². The average molecular weight is 352 g/mol. The van der Waals surface area contributed by atoms with Crippen LogP contribution in [0.4, 0.5) is 0 Å². The Bertz CT molecular complexity index is 761. The van der Waals surface area contributed by atoms with Crippen LogP contribution in [0.5, 0.6) is 0 Å². The lowest BCUT2D eigenvalue weighted by Crippen LogP contribution is -2.25. The number of hydrogen-bond donors (Lipinski definition) is 2. The van der Waals surface area contributed by atoms with E-state index in [1.165, 1.54) is 18.4 Å². The van der Waals surface area contributed by atoms with Gasteiger partial charge < -0.3 is 15.1 Å². The normalized spacial score (nSPS) is 13.8. The third-order valence-corrected chi connectivity index (χ3v) is 4.53. The van der Waals surface area contributed by atoms with E-state index in [2.05, 4.69) is 16.7 Å². The Kier molecular flexibility index (Phi) is 6.25. The Balaban J connectivity index is 1.46. The van der Waals surface area contributed by atoms with Crippen LogP contribution in [0.15, 0.2) is 58.7 Å². The maximum absolute atomic E-state index is 12.2. The summed E-state index contributed by atoms with van der Waals surface area (Å²) in [7, 11) is 0. The number of hydrogen-bond acceptors (Lipinski definition) is 3. The molecule has 2 N–H and O–H groups in total. The van der Waals surface area contributed by atoms with Crippen LogP contribution in [-0.4, -0.2) is 18.4 Å². The first-order chi connectivity index (χ1) is 12.7. The molecule has 5 heteroatoms. The Morgan fingerprint density at radius 2 is 1.69 bits per heavy atom. The number of nitrogens with one attached hydrogen (secondary N) is 2. The number of amides is 2. The second-order valence-corrected chi connectivity index (χ2v) is 6.45. The van der Waals surface area contributed by atoms with Crippen LogP contribution in [-0.2, 0) is 6.54 Å². The molecule has 2 amide bonds. The summed E-state index contributed by atoms with van der Waals surface area (Å²) < 4.78 is 5.18. The fourth-order valence-corrected chi connectivity index (χ4v) is 3.03. The second kappa shape index (κ2) is 9.04. The van der Waals surface area contributed by atoms with Gasteiger partial charge >= 0.3 is 0 Å². The first kappa shape index (κ1) is 18.0. The predicted octanol–water partition coefficient (Wildman–Crippen LogP) is 3.83. The molecule has 0 atom stereocenters. The highest BCUT2D eigenvalue weighted by molar-refractivity contribution is 5.97. The molecule has 0 spiro atoms. The van der Waals surface area contributed by atoms with E-state index >= 15 is 0 Å². The van der Waals surface area contributed by atoms with Crippen LogP contribution in [0.2, 0.25) is 0 Å². The molecule has 0 aliphatic heterocycles. The minimum Gasteiger partial charge on any atom is -0.467 e. The molecule has 1 aromatic carbocycles. The van der Waals surface area contributed by atoms with Crippen molar-refractivity contribution in [2.75, 3.05) is 6.54 Å². The van der Waals surface area contributed by atoms with Crippen molar-refractivity contribution in [3.8, 4) is 0 Å². The van der Waals surface area contributed by atoms with E-state index in [0.717, 1.165) is 19.3 Å². The van der Waals surface area contributed by atoms with E-state index in [4.69, 9.17) is 4.42 Å². The Morgan fingerprint density at radius 1 is 0.962 bits per heavy atom. The molecule has 0 unspecified atom stereocenters. The summed E-state index contributed by atoms with van der Waals surface area (Å²) in [6, 6.07) is 10.3. The van der Waals surface area contributed by atoms with Gasteiger partial charge in [-0.1, -0.05) is 11.6 Å². The van der Waals surface area contributed by atoms with Gasteiger partial charge in [0.15, 0.2) is 0 Å². The average Bonchev–Trinajstić information content (AvgIpc) is 3.20. The second-order valence-electron chi connectivity index (χ2n) is 6.45. The van der Waals surface area contributed by atoms with E-state index in [-0.39, 0.29) is 11.8 Å². The van der Waals surface area contributed by atoms with Crippen molar-refractivity contribution >= 4 is 11.8 Å². The van der Waals surface area contributed by atoms with Gasteiger partial charge in [-0.05, 0) is 68.5 Å². The quantitative estimate of drug-likeness (QED) is 0.744. The lowest BCUT2D eigenvalue weighted by molar-refractivity contribution is 0.0939. The van der Waals surface area contributed by atoms with Gasteiger partial charge in [-0.15, -0.1) is 0 Å². The molecule has 1 aliphatic rings. The summed E-state index contributed by atoms with van der Waals surface area (Å²) in [6.07, 6.45) is 9.62. The van der Waals surface area contributed by atoms with Gasteiger partial charge in [0.25, 0.3) is 11.8 Å². The molecule has 5 nitrogen and oxygen atoms in total. The smallest absolute Gasteiger partial charge is 0.251 e. The molecule has 1 aliphatic carbocycles. The number of carbonyl (C=O) groups excluding carboxylic acids is 2. The Hall–Kier alpha value is -2.82. The molecule has 0 bridgehead atoms. The van der Waals surface area contributed by atoms with Crippen molar-refractivity contribution in [1.29, 1.82) is 0 Å². The molecule has 2 aromatic rings. The van der Waals surface area contributed by atoms with E-state index in [9.17, 15) is 9.59 Å². The van der Waals surface area contributed by atoms with Crippen LogP contribution in [0, 0.1) is 0 Å². The van der Waals surface area contributed by atoms with Gasteiger partial charge in [0.1, 0.15) is 5.76 Å². The zero-order valence-corrected chi connectivity index (χ0v) is 14.8. The van der Waals surface area contributed by atoms with Crippen LogP contribution < -0.4 is 10.6 Å². The van der Waals surface area contributed by atoms with Gasteiger partial charge in [-0.2, -0.15) is 0 Å². The van der Waals surface area contributed by atoms with Gasteiger partial charge in [-0.3, -0.25) is 9.59 Å². The van der Waals surface area contributed by atoms with E-state index in [0.29, 0.717) is 30.0 Å². The van der Waals surface area contributed by atoms with Crippen molar-refractivity contribution in [2.24, 2.45) is 0 Å². The Morgan fingerprint density at radius 3 is 2.31 bits per heavy atom. The largest absolute Gasteiger partial charge is 0.467 e. The summed E-state index contributed by atoms with van der Waals surface area (Å²) in [4.78, 5) is 24.3. The minimum absolute atomic E-state index is 0.107. The topological polar surface area (TPSA) is 71.3 Å². The highest BCUT2D eigenvalue weighted by Crippen LogP contribution is 2.19. The third-order valence-electron chi connectivity index (χ3n) is 4.53. The van der Waals surface area contributed by atoms with Crippen LogP contribution in [0.3, 0.4) is 0 Å². The number of allylic oxidation sites excluding steroid dienone is 1. The van der Waals surface area contributed by atoms with E-state index in [1.807, 2.05) is 0 Å². The molecule has 1 aromatic heterocycles. The molecule has 26 heavy (non-hydrogen) atoms. The molecule has 0 fully saturated rings. The van der Waals surface area contributed by atoms with Crippen molar-refractivity contribution in [2.45, 2.75) is 38.6 Å². The van der Waals surface area contributed by atoms with Crippen LogP contribution >= 0.6 is 0 Å². The van der Waals surface area contributed by atoms with Crippen molar-refractivity contribution in [3.63, 3.8) is 0 Å². The SMILES string of the molecule is O=C(NCCC1=CCCCC1)c1ccc(C(=O)NCc2ccco2)cc1. The summed E-state index contributed by atoms with van der Waals surface area (Å²) in [5, 5.41) is 5.73. The highest BCUT2D eigenvalue weighted by Gasteiger charge is 2.10. The maximum Gasteiger partial charge on any atom is 0.251 e. The van der Waals surface area contributed by atoms with Gasteiger partial charge in [0.2, 0.25) is 0 Å². The molecular weight excluding hydrogens is 328 g/mol. The minimum atomic E-state index is -0.197. The predicted molar refractivity (Wildman–Crippen MR) is 99.8 cm³/mol. The van der Waals surface area contributed by atoms with E-state index < -0.39 is 0 Å². The third kappa shape index (κ3) is 5.09. The molecule has 0 radical (unpaired) electrons. The molecule has 136 valence electrons. The first-order valence-corrected chi connectivity index (χ1v) is 9.09. The van der Waals surface area contributed by atoms with E-state index in [1.54, 1.807) is 42.7 Å². The highest BCUT2D eigenvalue weighted by atomic mass is 16.3. The molecular formula is C21H24N2O3. The monoisotopic (exact) mass is 352 g/mol. The number of rotatable bonds is 7. The van der Waals surface area contributed by atoms with Gasteiger partial charge in [0.05, 0.1) is 12.8 Å². The summed E-state index contributed by atoms with van der Waals surface area (Å²) in [6.45, 7) is 0.986. The molecule has 0 saturated heterocycles. The van der Waals surface area contributed by atoms with Crippen LogP contribution in [0.25, 0.3) is 0 Å². The summed E-state index contributed by atoms with van der Waals surface area (Å²) in [5.74, 6) is 0.393. The number of furan rings is 1. The molecule has 1 heterocycles. The summed E-state index contributed by atoms with van der Waals surface area (Å²) in [5.41, 5.74) is 2.52. The van der Waals surface area contributed by atoms with Gasteiger partial charge in [-0.25, -0.2) is 0 Å². The van der Waals surface area contributed by atoms with Crippen molar-refractivity contribution < 1.29 is 14.0 Å². The number of carbonyl (C=O) groups is 2. The lowest BCUT2D eigenvalue weighted by Gasteiger charge is -2.13. The van der Waals surface area contributed by atoms with Crippen molar-refractivity contribution in [1.82, 2.24) is 10.6 Å². The number of benzene rings is 1. The van der Waals surface area contributed by atoms with Crippen molar-refractivity contribution in [3.05, 3.63) is 71.2 Å². The fourth-order valence-electron chi connectivity index (χ4n) is 3.03. The first-order valence-electron chi connectivity index (χ1n) is 9.09. The standard InChI is InChI=1S/C21H24N2O3/c24-20(22-13-12-16-5-2-1-3-6-16)17-8-10-18(11-9-17)21(25)23-15-19-7-4-14-26-19/h4-5,7-11,14H,1-3,6,12-13,15H2,(H,22,24)(H,23,25). The molecule has 0 saturated carbocycles. The fraction of sp³-hybridized carbons (Fsp3) is 0.333.